The van der Waals surface area contributed by atoms with Gasteiger partial charge in [0.25, 0.3) is 5.91 Å². The summed E-state index contributed by atoms with van der Waals surface area (Å²) in [5.41, 5.74) is 2.38. The fraction of sp³-hybridized carbons (Fsp3) is 0.417. The number of β-amino-alcohol motifs (C(OH)–C–C–N with tert-alkyl or cyclic N) is 1. The molecule has 11 heteroatoms. The highest BCUT2D eigenvalue weighted by atomic mass is 19.1. The van der Waals surface area contributed by atoms with E-state index in [2.05, 4.69) is 30.5 Å². The van der Waals surface area contributed by atoms with Crippen molar-refractivity contribution < 1.29 is 23.8 Å². The van der Waals surface area contributed by atoms with Crippen LogP contribution in [-0.2, 0) is 17.8 Å². The van der Waals surface area contributed by atoms with Crippen LogP contribution >= 0.6 is 0 Å². The van der Waals surface area contributed by atoms with Crippen LogP contribution in [0.5, 0.6) is 11.6 Å². The van der Waals surface area contributed by atoms with Gasteiger partial charge in [-0.05, 0) is 24.6 Å². The van der Waals surface area contributed by atoms with E-state index in [1.54, 1.807) is 18.2 Å². The lowest BCUT2D eigenvalue weighted by molar-refractivity contribution is -0.118. The fourth-order valence-corrected chi connectivity index (χ4v) is 4.51. The predicted octanol–water partition coefficient (Wildman–Crippen LogP) is 1.13. The highest BCUT2D eigenvalue weighted by Crippen LogP contribution is 2.26. The number of fused-ring (bicyclic) bond motifs is 2. The van der Waals surface area contributed by atoms with Gasteiger partial charge >= 0.3 is 0 Å². The molecule has 0 unspecified atom stereocenters. The molecular formula is C24H27FN6O4. The van der Waals surface area contributed by atoms with Gasteiger partial charge in [0.15, 0.2) is 18.2 Å². The average molecular weight is 483 g/mol. The molecule has 2 aliphatic heterocycles. The van der Waals surface area contributed by atoms with Gasteiger partial charge in [0.2, 0.25) is 5.88 Å². The summed E-state index contributed by atoms with van der Waals surface area (Å²) < 4.78 is 25.1. The molecule has 2 aliphatic rings. The number of carbonyl (C=O) groups excluding carboxylic acids is 1. The number of nitrogens with one attached hydrogen (secondary N) is 2. The first kappa shape index (κ1) is 23.3. The molecule has 5 rings (SSSR count). The van der Waals surface area contributed by atoms with Crippen molar-refractivity contribution >= 4 is 22.8 Å². The molecule has 2 atom stereocenters. The fourth-order valence-electron chi connectivity index (χ4n) is 4.51. The van der Waals surface area contributed by atoms with Crippen LogP contribution in [0.3, 0.4) is 0 Å². The summed E-state index contributed by atoms with van der Waals surface area (Å²) in [6, 6.07) is 7.10. The van der Waals surface area contributed by atoms with Crippen molar-refractivity contribution in [1.29, 1.82) is 0 Å². The number of methoxy groups -OCH3 is 1. The number of aliphatic hydroxyl groups excluding tert-OH is 1. The molecule has 1 saturated heterocycles. The van der Waals surface area contributed by atoms with E-state index in [0.29, 0.717) is 73.2 Å². The Morgan fingerprint density at radius 1 is 1.29 bits per heavy atom. The number of aliphatic hydroxyl groups is 1. The van der Waals surface area contributed by atoms with Crippen molar-refractivity contribution in [3.63, 3.8) is 0 Å². The van der Waals surface area contributed by atoms with E-state index in [0.717, 1.165) is 5.69 Å². The van der Waals surface area contributed by atoms with Crippen molar-refractivity contribution in [2.24, 2.45) is 5.92 Å². The average Bonchev–Trinajstić information content (AvgIpc) is 3.21. The van der Waals surface area contributed by atoms with Gasteiger partial charge in [0, 0.05) is 50.3 Å². The third-order valence-electron chi connectivity index (χ3n) is 6.35. The number of ether oxygens (including phenoxy) is 2. The molecule has 35 heavy (non-hydrogen) atoms. The second kappa shape index (κ2) is 10.1. The Morgan fingerprint density at radius 3 is 3.03 bits per heavy atom. The quantitative estimate of drug-likeness (QED) is 0.434. The second-order valence-electron chi connectivity index (χ2n) is 8.76. The van der Waals surface area contributed by atoms with E-state index in [4.69, 9.17) is 9.47 Å². The van der Waals surface area contributed by atoms with Crippen LogP contribution < -0.4 is 20.1 Å². The van der Waals surface area contributed by atoms with Crippen LogP contribution in [0.2, 0.25) is 0 Å². The molecule has 3 aromatic rings. The van der Waals surface area contributed by atoms with Gasteiger partial charge in [-0.25, -0.2) is 14.4 Å². The Bertz CT molecular complexity index is 1240. The van der Waals surface area contributed by atoms with Crippen LogP contribution in [0.1, 0.15) is 11.3 Å². The number of hydrogen-bond donors (Lipinski definition) is 3. The largest absolute Gasteiger partial charge is 0.481 e. The normalized spacial score (nSPS) is 19.9. The molecule has 0 spiro atoms. The highest BCUT2D eigenvalue weighted by Gasteiger charge is 2.31. The number of rotatable bonds is 8. The molecule has 3 aromatic heterocycles. The molecule has 0 aliphatic carbocycles. The van der Waals surface area contributed by atoms with E-state index in [1.165, 1.54) is 13.3 Å². The van der Waals surface area contributed by atoms with Gasteiger partial charge in [0.05, 0.1) is 36.1 Å². The van der Waals surface area contributed by atoms with Crippen LogP contribution in [0, 0.1) is 11.7 Å². The van der Waals surface area contributed by atoms with Crippen LogP contribution in [0.4, 0.5) is 10.2 Å². The standard InChI is InChI=1S/C24H27FN6O4/c1-34-22-5-3-18-23(30-22)16(17(25)10-27-18)6-7-31-11-14(19(32)12-31)8-26-9-15-2-4-20-24(28-15)29-21(33)13-35-20/h2-5,10,14,19,26,32H,6-9,11-13H2,1H3,(H,28,29,33)/t14-,19+/m1/s1. The van der Waals surface area contributed by atoms with Gasteiger partial charge in [-0.2, -0.15) is 0 Å². The Morgan fingerprint density at radius 2 is 2.17 bits per heavy atom. The first-order valence-corrected chi connectivity index (χ1v) is 11.5. The number of nitrogens with zero attached hydrogens (tertiary/aromatic N) is 4. The smallest absolute Gasteiger partial charge is 0.263 e. The molecular weight excluding hydrogens is 455 g/mol. The Kier molecular flexibility index (Phi) is 6.71. The Hall–Kier alpha value is -3.41. The topological polar surface area (TPSA) is 122 Å². The third-order valence-corrected chi connectivity index (χ3v) is 6.35. The molecule has 0 bridgehead atoms. The molecule has 0 aromatic carbocycles. The molecule has 10 nitrogen and oxygen atoms in total. The number of aromatic nitrogens is 3. The number of hydrogen-bond acceptors (Lipinski definition) is 9. The zero-order chi connectivity index (χ0) is 24.4. The number of amides is 1. The van der Waals surface area contributed by atoms with E-state index in [9.17, 15) is 14.3 Å². The Balaban J connectivity index is 1.15. The molecule has 184 valence electrons. The first-order valence-electron chi connectivity index (χ1n) is 11.5. The minimum atomic E-state index is -0.482. The predicted molar refractivity (Wildman–Crippen MR) is 126 cm³/mol. The summed E-state index contributed by atoms with van der Waals surface area (Å²) >= 11 is 0. The maximum Gasteiger partial charge on any atom is 0.263 e. The van der Waals surface area contributed by atoms with Crippen LogP contribution in [0.15, 0.2) is 30.5 Å². The van der Waals surface area contributed by atoms with Crippen molar-refractivity contribution in [3.05, 3.63) is 47.5 Å². The summed E-state index contributed by atoms with van der Waals surface area (Å²) in [5, 5.41) is 16.6. The summed E-state index contributed by atoms with van der Waals surface area (Å²) in [6.45, 7) is 2.90. The summed E-state index contributed by atoms with van der Waals surface area (Å²) in [6.07, 6.45) is 1.19. The molecule has 0 saturated carbocycles. The van der Waals surface area contributed by atoms with Crippen molar-refractivity contribution in [2.45, 2.75) is 19.1 Å². The molecule has 0 radical (unpaired) electrons. The number of halogens is 1. The maximum absolute atomic E-state index is 14.6. The van der Waals surface area contributed by atoms with Gasteiger partial charge in [0.1, 0.15) is 5.82 Å². The highest BCUT2D eigenvalue weighted by molar-refractivity contribution is 5.94. The minimum absolute atomic E-state index is 0.00290. The van der Waals surface area contributed by atoms with Gasteiger partial charge in [-0.3, -0.25) is 9.78 Å². The van der Waals surface area contributed by atoms with Crippen molar-refractivity contribution in [3.8, 4) is 11.6 Å². The SMILES string of the molecule is COc1ccc2ncc(F)c(CCN3C[C@@H](CNCc4ccc5c(n4)NC(=O)CO5)[C@@H](O)C3)c2n1. The number of carbonyl (C=O) groups is 1. The minimum Gasteiger partial charge on any atom is -0.481 e. The summed E-state index contributed by atoms with van der Waals surface area (Å²) in [5.74, 6) is 0.817. The lowest BCUT2D eigenvalue weighted by Crippen LogP contribution is -2.31. The monoisotopic (exact) mass is 482 g/mol. The Labute approximate surface area is 201 Å². The summed E-state index contributed by atoms with van der Waals surface area (Å²) in [7, 11) is 1.52. The lowest BCUT2D eigenvalue weighted by atomic mass is 10.1. The molecule has 5 heterocycles. The van der Waals surface area contributed by atoms with E-state index in [1.807, 2.05) is 6.07 Å². The first-order chi connectivity index (χ1) is 17.0. The summed E-state index contributed by atoms with van der Waals surface area (Å²) in [4.78, 5) is 26.6. The van der Waals surface area contributed by atoms with E-state index >= 15 is 0 Å². The number of anilines is 1. The van der Waals surface area contributed by atoms with Crippen molar-refractivity contribution in [2.75, 3.05) is 45.2 Å². The van der Waals surface area contributed by atoms with E-state index < -0.39 is 11.9 Å². The van der Waals surface area contributed by atoms with Gasteiger partial charge < -0.3 is 30.1 Å². The second-order valence-corrected chi connectivity index (χ2v) is 8.76. The number of likely N-dealkylation sites (tertiary alicyclic amines) is 1. The van der Waals surface area contributed by atoms with Crippen molar-refractivity contribution in [1.82, 2.24) is 25.2 Å². The zero-order valence-electron chi connectivity index (χ0n) is 19.3. The van der Waals surface area contributed by atoms with Crippen LogP contribution in [0.25, 0.3) is 11.0 Å². The molecule has 3 N–H and O–H groups in total. The van der Waals surface area contributed by atoms with Gasteiger partial charge in [-0.1, -0.05) is 0 Å². The third kappa shape index (κ3) is 5.16. The molecule has 1 fully saturated rings. The van der Waals surface area contributed by atoms with E-state index in [-0.39, 0.29) is 18.4 Å². The maximum atomic E-state index is 14.6. The molecule has 1 amide bonds. The number of pyridine rings is 3. The zero-order valence-corrected chi connectivity index (χ0v) is 19.3. The van der Waals surface area contributed by atoms with Crippen LogP contribution in [-0.4, -0.2) is 76.9 Å². The lowest BCUT2D eigenvalue weighted by Gasteiger charge is -2.18. The van der Waals surface area contributed by atoms with Gasteiger partial charge in [-0.15, -0.1) is 0 Å².